The summed E-state index contributed by atoms with van der Waals surface area (Å²) in [5.41, 5.74) is -14.6. The average Bonchev–Trinajstić information content (AvgIpc) is 2.99. The maximum atomic E-state index is 12.3. The first-order valence-electron chi connectivity index (χ1n) is 17.2. The molecule has 424 valence electrons. The highest BCUT2D eigenvalue weighted by molar-refractivity contribution is 7.73. The molecule has 54 heteroatoms. The van der Waals surface area contributed by atoms with Crippen LogP contribution in [0.25, 0.3) is 0 Å². The van der Waals surface area contributed by atoms with Crippen LogP contribution in [0.3, 0.4) is 0 Å². The van der Waals surface area contributed by atoms with Gasteiger partial charge in [0.1, 0.15) is 5.78 Å². The van der Waals surface area contributed by atoms with Crippen molar-refractivity contribution in [3.05, 3.63) is 0 Å². The predicted molar refractivity (Wildman–Crippen MR) is 229 cm³/mol. The lowest BCUT2D eigenvalue weighted by atomic mass is 10.2. The van der Waals surface area contributed by atoms with E-state index >= 15 is 0 Å². The number of hydrogen-bond donors (Lipinski definition) is 27. The van der Waals surface area contributed by atoms with Gasteiger partial charge in [0.2, 0.25) is 27.6 Å². The molecule has 0 radical (unpaired) electrons. The third kappa shape index (κ3) is 25.8. The summed E-state index contributed by atoms with van der Waals surface area (Å²) in [7, 11) is -75.0. The zero-order valence-corrected chi connectivity index (χ0v) is 45.0. The van der Waals surface area contributed by atoms with Crippen LogP contribution in [0, 0.1) is 0 Å². The molecule has 2 atom stereocenters. The van der Waals surface area contributed by atoms with Crippen molar-refractivity contribution in [2.24, 2.45) is 5.73 Å². The van der Waals surface area contributed by atoms with Crippen molar-refractivity contribution in [1.29, 1.82) is 0 Å². The fourth-order valence-corrected chi connectivity index (χ4v) is 22.6. The first kappa shape index (κ1) is 73.6. The Bertz CT molecular complexity index is 2010. The zero-order chi connectivity index (χ0) is 56.8. The van der Waals surface area contributed by atoms with Crippen LogP contribution in [0.5, 0.6) is 0 Å². The Labute approximate surface area is 391 Å². The third-order valence-corrected chi connectivity index (χ3v) is 28.2. The van der Waals surface area contributed by atoms with Gasteiger partial charge >= 0.3 is 91.1 Å². The van der Waals surface area contributed by atoms with Crippen molar-refractivity contribution in [2.45, 2.75) is 52.3 Å². The molecule has 0 spiro atoms. The Kier molecular flexibility index (Phi) is 27.8. The summed E-state index contributed by atoms with van der Waals surface area (Å²) in [6.45, 7) is -8.73. The molecule has 0 rings (SSSR count). The summed E-state index contributed by atoms with van der Waals surface area (Å²) in [6.07, 6.45) is -0.814. The molecule has 0 amide bonds. The summed E-state index contributed by atoms with van der Waals surface area (Å²) in [5, 5.41) is 11.3. The van der Waals surface area contributed by atoms with Gasteiger partial charge in [0.05, 0.1) is 6.16 Å². The predicted octanol–water partition coefficient (Wildman–Crippen LogP) is -6.56. The molecule has 0 aliphatic rings. The second-order valence-corrected chi connectivity index (χ2v) is 36.3. The SMILES string of the molecule is NCC(CCO)NC(CCP(=O)(O)O)P(=O)(O)O.O=P(O)(O)C(N(CCN(C(P(=O)(O)O)P(=O)(O)O)C(P(=O)(O)O)P(=O)(O)O)CCN(C(P(=O)(O)O)P(=O)(O)O)C(P(=O)(O)O)P(=O)(O)O)P(=O)(O)O. The van der Waals surface area contributed by atoms with Crippen LogP contribution < -0.4 is 11.1 Å². The summed E-state index contributed by atoms with van der Waals surface area (Å²) in [4.78, 5) is 226. The van der Waals surface area contributed by atoms with E-state index in [1.165, 1.54) is 0 Å². The van der Waals surface area contributed by atoms with Gasteiger partial charge in [0.15, 0.2) is 0 Å². The van der Waals surface area contributed by atoms with Gasteiger partial charge < -0.3 is 128 Å². The van der Waals surface area contributed by atoms with E-state index in [1.807, 2.05) is 0 Å². The van der Waals surface area contributed by atoms with Crippen molar-refractivity contribution in [3.63, 3.8) is 0 Å². The monoisotopic (exact) mass is 1280 g/mol. The Morgan fingerprint density at radius 2 is 0.600 bits per heavy atom. The van der Waals surface area contributed by atoms with Gasteiger partial charge in [-0.05, 0) is 12.8 Å². The van der Waals surface area contributed by atoms with Gasteiger partial charge in [-0.2, -0.15) is 0 Å². The van der Waals surface area contributed by atoms with Crippen LogP contribution in [0.2, 0.25) is 0 Å². The zero-order valence-electron chi connectivity index (χ0n) is 34.3. The van der Waals surface area contributed by atoms with E-state index < -0.39 is 178 Å². The number of rotatable bonds is 30. The van der Waals surface area contributed by atoms with Gasteiger partial charge in [0, 0.05) is 45.4 Å². The molecule has 0 saturated carbocycles. The summed E-state index contributed by atoms with van der Waals surface area (Å²) in [5.74, 6) is -1.38. The lowest BCUT2D eigenvalue weighted by Crippen LogP contribution is -2.51. The molecule has 0 fully saturated rings. The molecule has 0 aromatic rings. The van der Waals surface area contributed by atoms with Gasteiger partial charge in [0.25, 0.3) is 0 Å². The number of nitrogens with two attached hydrogens (primary N) is 1. The van der Waals surface area contributed by atoms with Gasteiger partial charge in [-0.1, -0.05) is 0 Å². The molecule has 0 bridgehead atoms. The summed E-state index contributed by atoms with van der Waals surface area (Å²) >= 11 is 0. The van der Waals surface area contributed by atoms with Crippen LogP contribution in [-0.2, 0) is 54.8 Å². The molecule has 0 aliphatic carbocycles. The maximum Gasteiger partial charge on any atom is 0.355 e. The highest BCUT2D eigenvalue weighted by atomic mass is 31.3. The van der Waals surface area contributed by atoms with Crippen molar-refractivity contribution in [3.8, 4) is 0 Å². The molecule has 70 heavy (non-hydrogen) atoms. The fraction of sp³-hybridized carbons (Fsp3) is 1.00. The van der Waals surface area contributed by atoms with Crippen molar-refractivity contribution >= 4 is 91.1 Å². The van der Waals surface area contributed by atoms with Crippen LogP contribution in [0.15, 0.2) is 0 Å². The van der Waals surface area contributed by atoms with E-state index in [2.05, 4.69) is 5.32 Å². The molecule has 42 nitrogen and oxygen atoms in total. The Morgan fingerprint density at radius 1 is 0.357 bits per heavy atom. The van der Waals surface area contributed by atoms with E-state index in [0.717, 1.165) is 0 Å². The van der Waals surface area contributed by atoms with Crippen LogP contribution in [-0.4, -0.2) is 222 Å². The normalized spacial score (nSPS) is 16.0. The fourth-order valence-electron chi connectivity index (χ4n) is 5.82. The molecular weight excluding hydrogens is 1230 g/mol. The Hall–Kier alpha value is 1.56. The van der Waals surface area contributed by atoms with E-state index in [4.69, 9.17) is 30.4 Å². The van der Waals surface area contributed by atoms with Gasteiger partial charge in [-0.25, -0.2) is 0 Å². The van der Waals surface area contributed by atoms with Gasteiger partial charge in [-0.3, -0.25) is 74.8 Å². The second-order valence-electron chi connectivity index (χ2n) is 14.0. The Balaban J connectivity index is 0. The minimum atomic E-state index is -6.63. The average molecular weight is 1280 g/mol. The number of hydrogen-bond acceptors (Lipinski definition) is 18. The van der Waals surface area contributed by atoms with Gasteiger partial charge in [-0.15, -0.1) is 0 Å². The molecule has 0 aromatic carbocycles. The quantitative estimate of drug-likeness (QED) is 0.0297. The van der Waals surface area contributed by atoms with E-state index in [9.17, 15) is 153 Å². The minimum absolute atomic E-state index is 0.0486. The van der Waals surface area contributed by atoms with Crippen molar-refractivity contribution in [2.75, 3.05) is 45.5 Å². The topological polar surface area (TPSA) is 758 Å². The molecule has 2 unspecified atom stereocenters. The second kappa shape index (κ2) is 26.5. The number of nitrogens with zero attached hydrogens (tertiary/aromatic N) is 3. The van der Waals surface area contributed by atoms with E-state index in [0.29, 0.717) is 0 Å². The molecule has 28 N–H and O–H groups in total. The van der Waals surface area contributed by atoms with Crippen molar-refractivity contribution < 1.29 is 177 Å². The molecule has 0 saturated heterocycles. The first-order chi connectivity index (χ1) is 30.3. The lowest BCUT2D eigenvalue weighted by molar-refractivity contribution is 0.141. The van der Waals surface area contributed by atoms with Crippen LogP contribution in [0.1, 0.15) is 12.8 Å². The lowest BCUT2D eigenvalue weighted by Gasteiger charge is -2.41. The minimum Gasteiger partial charge on any atom is -0.396 e. The number of aliphatic hydroxyl groups excluding tert-OH is 1. The molecule has 0 aliphatic heterocycles. The number of aliphatic hydroxyl groups is 1. The van der Waals surface area contributed by atoms with E-state index in [-0.39, 0.29) is 26.0 Å². The summed E-state index contributed by atoms with van der Waals surface area (Å²) in [6, 6.07) is -0.524. The van der Waals surface area contributed by atoms with Crippen LogP contribution in [0.4, 0.5) is 0 Å². The summed E-state index contributed by atoms with van der Waals surface area (Å²) < 4.78 is 143. The largest absolute Gasteiger partial charge is 0.396 e. The molecule has 0 heterocycles. The maximum absolute atomic E-state index is 12.3. The number of nitrogens with one attached hydrogen (secondary N) is 1. The molecule has 0 aromatic heterocycles. The molecular formula is C16H53N5O37P12. The van der Waals surface area contributed by atoms with Crippen molar-refractivity contribution in [1.82, 2.24) is 20.0 Å². The highest BCUT2D eigenvalue weighted by Gasteiger charge is 2.61. The highest BCUT2D eigenvalue weighted by Crippen LogP contribution is 2.71. The van der Waals surface area contributed by atoms with E-state index in [1.54, 1.807) is 0 Å². The smallest absolute Gasteiger partial charge is 0.355 e. The standard InChI is InChI=1S/C9H33N3O30P10.C7H20N2O7P2/c13-43(14,15)5(44(16,17)18)10(1-3-11(6(45(19,20)21)46(22,23)24)7(47(25,26)27)48(28,29)30)2-4-12(8(49(31,32)33)50(34,35)36)9(51(37,38)39)52(40,41)42;8-5-6(1-3-10)9-7(18(14,15)16)2-4-17(11,12)13/h5-9H,1-4H2,(H2,13,14,15)(H2,16,17,18)(H2,19,20,21)(H2,22,23,24)(H2,25,26,27)(H2,28,29,30)(H2,31,32,33)(H2,34,35,36)(H2,37,38,39)(H2,40,41,42);6-7,9-10H,1-5,8H2,(H2,11,12,13)(H2,14,15,16). The third-order valence-electron chi connectivity index (χ3n) is 8.10. The Morgan fingerprint density at radius 3 is 0.771 bits per heavy atom. The van der Waals surface area contributed by atoms with Crippen LogP contribution >= 0.6 is 91.1 Å². The first-order valence-corrected chi connectivity index (χ1v) is 37.5.